The number of pyridine rings is 1. The molecule has 2 atom stereocenters. The number of hydrogen-bond acceptors (Lipinski definition) is 3. The van der Waals surface area contributed by atoms with Gasteiger partial charge in [0.1, 0.15) is 5.82 Å². The second-order valence-corrected chi connectivity index (χ2v) is 6.28. The van der Waals surface area contributed by atoms with E-state index in [-0.39, 0.29) is 18.1 Å². The standard InChI is InChI=1S/C17H25FN2O2/c1-4-5-6-15-10-20(11-16(22-15)12(2)3)17(21)13-7-14(18)9-19-8-13/h7-9,12,15-16H,4-6,10-11H2,1-3H3/t15-,16-/m1/s1. The van der Waals surface area contributed by atoms with Gasteiger partial charge in [-0.2, -0.15) is 0 Å². The molecule has 2 rings (SSSR count). The van der Waals surface area contributed by atoms with Gasteiger partial charge in [0.2, 0.25) is 0 Å². The number of morpholine rings is 1. The van der Waals surface area contributed by atoms with Crippen molar-refractivity contribution in [3.05, 3.63) is 29.8 Å². The summed E-state index contributed by atoms with van der Waals surface area (Å²) in [6, 6.07) is 1.25. The normalized spacial score (nSPS) is 22.1. The first-order valence-corrected chi connectivity index (χ1v) is 8.06. The number of ether oxygens (including phenoxy) is 1. The van der Waals surface area contributed by atoms with Gasteiger partial charge < -0.3 is 9.64 Å². The predicted molar refractivity (Wildman–Crippen MR) is 83.1 cm³/mol. The van der Waals surface area contributed by atoms with Crippen LogP contribution in [0.25, 0.3) is 0 Å². The molecule has 0 aromatic carbocycles. The molecule has 2 heterocycles. The van der Waals surface area contributed by atoms with Crippen LogP contribution in [0.15, 0.2) is 18.5 Å². The molecule has 1 aromatic heterocycles. The average Bonchev–Trinajstić information content (AvgIpc) is 2.51. The molecule has 1 aliphatic heterocycles. The quantitative estimate of drug-likeness (QED) is 0.838. The Balaban J connectivity index is 2.11. The molecule has 0 spiro atoms. The van der Waals surface area contributed by atoms with Gasteiger partial charge in [-0.1, -0.05) is 33.6 Å². The topological polar surface area (TPSA) is 42.4 Å². The zero-order valence-corrected chi connectivity index (χ0v) is 13.6. The average molecular weight is 308 g/mol. The molecule has 0 saturated carbocycles. The van der Waals surface area contributed by atoms with E-state index in [1.807, 2.05) is 0 Å². The van der Waals surface area contributed by atoms with Crippen molar-refractivity contribution in [2.24, 2.45) is 5.92 Å². The Morgan fingerprint density at radius 2 is 2.23 bits per heavy atom. The van der Waals surface area contributed by atoms with Crippen LogP contribution in [0.3, 0.4) is 0 Å². The first-order valence-electron chi connectivity index (χ1n) is 8.06. The highest BCUT2D eigenvalue weighted by Gasteiger charge is 2.32. The van der Waals surface area contributed by atoms with Crippen molar-refractivity contribution in [1.82, 2.24) is 9.88 Å². The fourth-order valence-electron chi connectivity index (χ4n) is 2.71. The number of unbranched alkanes of at least 4 members (excludes halogenated alkanes) is 1. The molecule has 122 valence electrons. The summed E-state index contributed by atoms with van der Waals surface area (Å²) in [4.78, 5) is 18.2. The maximum atomic E-state index is 13.3. The highest BCUT2D eigenvalue weighted by Crippen LogP contribution is 2.22. The van der Waals surface area contributed by atoms with Gasteiger partial charge in [-0.05, 0) is 18.4 Å². The number of rotatable bonds is 5. The summed E-state index contributed by atoms with van der Waals surface area (Å²) < 4.78 is 19.4. The second kappa shape index (κ2) is 7.68. The first kappa shape index (κ1) is 16.9. The van der Waals surface area contributed by atoms with E-state index in [1.54, 1.807) is 4.90 Å². The summed E-state index contributed by atoms with van der Waals surface area (Å²) in [7, 11) is 0. The first-order chi connectivity index (χ1) is 10.5. The predicted octanol–water partition coefficient (Wildman–Crippen LogP) is 3.28. The van der Waals surface area contributed by atoms with Gasteiger partial charge >= 0.3 is 0 Å². The van der Waals surface area contributed by atoms with E-state index < -0.39 is 5.82 Å². The number of amides is 1. The highest BCUT2D eigenvalue weighted by molar-refractivity contribution is 5.94. The third-order valence-electron chi connectivity index (χ3n) is 4.05. The molecule has 1 saturated heterocycles. The number of halogens is 1. The molecule has 22 heavy (non-hydrogen) atoms. The van der Waals surface area contributed by atoms with Crippen molar-refractivity contribution in [2.45, 2.75) is 52.2 Å². The molecule has 5 heteroatoms. The van der Waals surface area contributed by atoms with Crippen LogP contribution >= 0.6 is 0 Å². The van der Waals surface area contributed by atoms with Gasteiger partial charge in [-0.15, -0.1) is 0 Å². The van der Waals surface area contributed by atoms with Crippen molar-refractivity contribution in [1.29, 1.82) is 0 Å². The fourth-order valence-corrected chi connectivity index (χ4v) is 2.71. The van der Waals surface area contributed by atoms with Crippen molar-refractivity contribution in [3.8, 4) is 0 Å². The van der Waals surface area contributed by atoms with Crippen molar-refractivity contribution in [3.63, 3.8) is 0 Å². The van der Waals surface area contributed by atoms with Crippen LogP contribution in [0.2, 0.25) is 0 Å². The van der Waals surface area contributed by atoms with Gasteiger partial charge in [0, 0.05) is 19.3 Å². The minimum Gasteiger partial charge on any atom is -0.371 e. The van der Waals surface area contributed by atoms with Gasteiger partial charge in [-0.3, -0.25) is 9.78 Å². The minimum atomic E-state index is -0.484. The lowest BCUT2D eigenvalue weighted by Crippen LogP contribution is -2.51. The van der Waals surface area contributed by atoms with Gasteiger partial charge in [0.25, 0.3) is 5.91 Å². The van der Waals surface area contributed by atoms with Crippen molar-refractivity contribution >= 4 is 5.91 Å². The van der Waals surface area contributed by atoms with Crippen LogP contribution in [0, 0.1) is 11.7 Å². The Kier molecular flexibility index (Phi) is 5.89. The molecular weight excluding hydrogens is 283 g/mol. The van der Waals surface area contributed by atoms with Crippen molar-refractivity contribution in [2.75, 3.05) is 13.1 Å². The molecular formula is C17H25FN2O2. The summed E-state index contributed by atoms with van der Waals surface area (Å²) in [5.74, 6) is -0.310. The summed E-state index contributed by atoms with van der Waals surface area (Å²) >= 11 is 0. The molecule has 0 N–H and O–H groups in total. The lowest BCUT2D eigenvalue weighted by atomic mass is 10.0. The molecule has 1 aromatic rings. The summed E-state index contributed by atoms with van der Waals surface area (Å²) in [5, 5.41) is 0. The smallest absolute Gasteiger partial charge is 0.255 e. The van der Waals surface area contributed by atoms with Gasteiger partial charge in [0.05, 0.1) is 24.0 Å². The Bertz CT molecular complexity index is 507. The Hall–Kier alpha value is -1.49. The number of aromatic nitrogens is 1. The monoisotopic (exact) mass is 308 g/mol. The number of hydrogen-bond donors (Lipinski definition) is 0. The largest absolute Gasteiger partial charge is 0.371 e. The highest BCUT2D eigenvalue weighted by atomic mass is 19.1. The maximum absolute atomic E-state index is 13.3. The molecule has 4 nitrogen and oxygen atoms in total. The van der Waals surface area contributed by atoms with Crippen LogP contribution in [0.5, 0.6) is 0 Å². The molecule has 0 unspecified atom stereocenters. The number of carbonyl (C=O) groups excluding carboxylic acids is 1. The van der Waals surface area contributed by atoms with Crippen LogP contribution in [0.1, 0.15) is 50.4 Å². The lowest BCUT2D eigenvalue weighted by Gasteiger charge is -2.40. The van der Waals surface area contributed by atoms with E-state index in [0.29, 0.717) is 24.6 Å². The molecule has 1 amide bonds. The van der Waals surface area contributed by atoms with E-state index in [4.69, 9.17) is 4.74 Å². The van der Waals surface area contributed by atoms with E-state index in [0.717, 1.165) is 25.5 Å². The number of nitrogens with zero attached hydrogens (tertiary/aromatic N) is 2. The second-order valence-electron chi connectivity index (χ2n) is 6.28. The zero-order valence-electron chi connectivity index (χ0n) is 13.6. The Labute approximate surface area is 131 Å². The summed E-state index contributed by atoms with van der Waals surface area (Å²) in [5.41, 5.74) is 0.304. The zero-order chi connectivity index (χ0) is 16.1. The van der Waals surface area contributed by atoms with E-state index >= 15 is 0 Å². The Morgan fingerprint density at radius 3 is 2.86 bits per heavy atom. The van der Waals surface area contributed by atoms with Gasteiger partial charge in [0.15, 0.2) is 0 Å². The summed E-state index contributed by atoms with van der Waals surface area (Å²) in [6.07, 6.45) is 5.76. The number of carbonyl (C=O) groups is 1. The Morgan fingerprint density at radius 1 is 1.45 bits per heavy atom. The van der Waals surface area contributed by atoms with Crippen LogP contribution in [-0.4, -0.2) is 41.1 Å². The molecule has 0 bridgehead atoms. The van der Waals surface area contributed by atoms with Gasteiger partial charge in [-0.25, -0.2) is 4.39 Å². The van der Waals surface area contributed by atoms with E-state index in [2.05, 4.69) is 25.8 Å². The van der Waals surface area contributed by atoms with Crippen molar-refractivity contribution < 1.29 is 13.9 Å². The third-order valence-corrected chi connectivity index (χ3v) is 4.05. The molecule has 1 fully saturated rings. The van der Waals surface area contributed by atoms with E-state index in [1.165, 1.54) is 12.3 Å². The van der Waals surface area contributed by atoms with Crippen LogP contribution in [0.4, 0.5) is 4.39 Å². The van der Waals surface area contributed by atoms with Crippen LogP contribution in [-0.2, 0) is 4.74 Å². The molecule has 0 aliphatic carbocycles. The lowest BCUT2D eigenvalue weighted by molar-refractivity contribution is -0.0962. The third kappa shape index (κ3) is 4.26. The van der Waals surface area contributed by atoms with Crippen LogP contribution < -0.4 is 0 Å². The molecule has 0 radical (unpaired) electrons. The SMILES string of the molecule is CCCC[C@@H]1CN(C(=O)c2cncc(F)c2)C[C@H](C(C)C)O1. The summed E-state index contributed by atoms with van der Waals surface area (Å²) in [6.45, 7) is 7.46. The minimum absolute atomic E-state index is 0.0288. The maximum Gasteiger partial charge on any atom is 0.255 e. The molecule has 1 aliphatic rings. The van der Waals surface area contributed by atoms with E-state index in [9.17, 15) is 9.18 Å². The fraction of sp³-hybridized carbons (Fsp3) is 0.647.